The molecule has 15 rings (SSSR count). The lowest BCUT2D eigenvalue weighted by Gasteiger charge is -2.45. The van der Waals surface area contributed by atoms with Crippen LogP contribution in [0.5, 0.6) is 0 Å². The molecule has 13 aromatic rings. The maximum Gasteiger partial charge on any atom is 0.238 e. The summed E-state index contributed by atoms with van der Waals surface area (Å²) in [6.45, 7) is 0. The number of hydrogen-bond acceptors (Lipinski definition) is 4. The first-order chi connectivity index (χ1) is 36.2. The molecule has 1 aliphatic heterocycles. The van der Waals surface area contributed by atoms with Crippen LogP contribution in [0.25, 0.3) is 94.7 Å². The van der Waals surface area contributed by atoms with Gasteiger partial charge in [-0.1, -0.05) is 212 Å². The van der Waals surface area contributed by atoms with E-state index in [0.717, 1.165) is 60.9 Å². The summed E-state index contributed by atoms with van der Waals surface area (Å²) in [7, 11) is 0. The monoisotopic (exact) mass is 929 g/mol. The average Bonchev–Trinajstić information content (AvgIpc) is 3.97. The van der Waals surface area contributed by atoms with Crippen molar-refractivity contribution in [3.63, 3.8) is 0 Å². The van der Waals surface area contributed by atoms with Crippen molar-refractivity contribution in [2.75, 3.05) is 4.90 Å². The molecule has 0 atom stereocenters. The fraction of sp³-hybridized carbons (Fsp3) is 0.0147. The number of fused-ring (bicyclic) bond motifs is 14. The van der Waals surface area contributed by atoms with Crippen molar-refractivity contribution < 1.29 is 0 Å². The third-order valence-corrected chi connectivity index (χ3v) is 15.2. The van der Waals surface area contributed by atoms with E-state index >= 15 is 0 Å². The molecule has 5 nitrogen and oxygen atoms in total. The van der Waals surface area contributed by atoms with Gasteiger partial charge in [0, 0.05) is 27.6 Å². The van der Waals surface area contributed by atoms with Gasteiger partial charge >= 0.3 is 0 Å². The molecular weight excluding hydrogens is 887 g/mol. The van der Waals surface area contributed by atoms with E-state index in [9.17, 15) is 0 Å². The molecule has 1 spiro atoms. The molecule has 1 aliphatic carbocycles. The second-order valence-electron chi connectivity index (χ2n) is 19.1. The summed E-state index contributed by atoms with van der Waals surface area (Å²) >= 11 is 0. The smallest absolute Gasteiger partial charge is 0.238 e. The minimum Gasteiger partial charge on any atom is -0.310 e. The van der Waals surface area contributed by atoms with Gasteiger partial charge in [-0.3, -0.25) is 4.57 Å². The van der Waals surface area contributed by atoms with Crippen LogP contribution in [-0.4, -0.2) is 19.5 Å². The summed E-state index contributed by atoms with van der Waals surface area (Å²) in [6.07, 6.45) is 0. The first kappa shape index (κ1) is 41.1. The highest BCUT2D eigenvalue weighted by molar-refractivity contribution is 6.11. The molecule has 2 aromatic heterocycles. The van der Waals surface area contributed by atoms with E-state index in [1.165, 1.54) is 55.5 Å². The van der Waals surface area contributed by atoms with E-state index in [1.54, 1.807) is 0 Å². The van der Waals surface area contributed by atoms with Crippen molar-refractivity contribution in [3.8, 4) is 62.1 Å². The van der Waals surface area contributed by atoms with Crippen molar-refractivity contribution >= 4 is 49.6 Å². The van der Waals surface area contributed by atoms with Crippen LogP contribution in [0.4, 0.5) is 17.1 Å². The fourth-order valence-corrected chi connectivity index (χ4v) is 12.1. The first-order valence-corrected chi connectivity index (χ1v) is 24.9. The van der Waals surface area contributed by atoms with Crippen molar-refractivity contribution in [2.24, 2.45) is 0 Å². The van der Waals surface area contributed by atoms with Crippen LogP contribution >= 0.6 is 0 Å². The van der Waals surface area contributed by atoms with E-state index < -0.39 is 5.41 Å². The number of para-hydroxylation sites is 4. The molecule has 73 heavy (non-hydrogen) atoms. The third kappa shape index (κ3) is 6.19. The zero-order valence-corrected chi connectivity index (χ0v) is 39.6. The Morgan fingerprint density at radius 1 is 0.315 bits per heavy atom. The van der Waals surface area contributed by atoms with Crippen molar-refractivity contribution in [1.82, 2.24) is 19.5 Å². The first-order valence-electron chi connectivity index (χ1n) is 24.9. The van der Waals surface area contributed by atoms with E-state index in [1.807, 2.05) is 24.3 Å². The van der Waals surface area contributed by atoms with Gasteiger partial charge in [0.25, 0.3) is 0 Å². The molecule has 3 heterocycles. The van der Waals surface area contributed by atoms with Crippen LogP contribution < -0.4 is 4.90 Å². The number of hydrogen-bond donors (Lipinski definition) is 0. The van der Waals surface area contributed by atoms with Crippen LogP contribution in [0.2, 0.25) is 0 Å². The van der Waals surface area contributed by atoms with Gasteiger partial charge in [-0.05, 0) is 115 Å². The Balaban J connectivity index is 0.929. The molecule has 5 heteroatoms. The molecule has 2 aliphatic rings. The van der Waals surface area contributed by atoms with Crippen molar-refractivity contribution in [3.05, 3.63) is 283 Å². The second-order valence-corrected chi connectivity index (χ2v) is 19.1. The Hall–Kier alpha value is -9.71. The van der Waals surface area contributed by atoms with Crippen LogP contribution in [-0.2, 0) is 5.41 Å². The highest BCUT2D eigenvalue weighted by Crippen LogP contribution is 2.64. The number of anilines is 3. The highest BCUT2D eigenvalue weighted by atomic mass is 15.2. The van der Waals surface area contributed by atoms with Crippen molar-refractivity contribution in [2.45, 2.75) is 5.41 Å². The van der Waals surface area contributed by atoms with Crippen LogP contribution in [0, 0.1) is 0 Å². The minimum absolute atomic E-state index is 0.568. The zero-order chi connectivity index (χ0) is 48.0. The minimum atomic E-state index is -0.599. The molecular formula is C68H43N5. The zero-order valence-electron chi connectivity index (χ0n) is 39.6. The van der Waals surface area contributed by atoms with Crippen LogP contribution in [0.1, 0.15) is 22.3 Å². The number of benzene rings is 11. The van der Waals surface area contributed by atoms with Gasteiger partial charge in [-0.2, -0.15) is 9.97 Å². The number of aromatic nitrogens is 4. The molecule has 0 radical (unpaired) electrons. The molecule has 0 saturated heterocycles. The molecule has 0 bridgehead atoms. The molecule has 0 N–H and O–H groups in total. The summed E-state index contributed by atoms with van der Waals surface area (Å²) in [5, 5.41) is 4.75. The van der Waals surface area contributed by atoms with E-state index in [0.29, 0.717) is 17.6 Å². The predicted molar refractivity (Wildman–Crippen MR) is 299 cm³/mol. The Morgan fingerprint density at radius 3 is 1.56 bits per heavy atom. The Bertz CT molecular complexity index is 4270. The highest BCUT2D eigenvalue weighted by Gasteiger charge is 2.52. The Kier molecular flexibility index (Phi) is 9.11. The van der Waals surface area contributed by atoms with Gasteiger partial charge in [-0.15, -0.1) is 0 Å². The maximum absolute atomic E-state index is 5.28. The van der Waals surface area contributed by atoms with Crippen LogP contribution in [0.3, 0.4) is 0 Å². The fourth-order valence-electron chi connectivity index (χ4n) is 12.1. The SMILES string of the molecule is c1ccc(-c2ccc(-c3nc(-c4ccccc4)nc(-n4c5ccccc5c5cc(-c6ccc7c(c6)C6(c8ccccc8N(c8ccccc8)c8ccccc86)c6ccc8ccccc8c6-7)ccc54)n3)cc2)cc1. The summed E-state index contributed by atoms with van der Waals surface area (Å²) in [5.74, 6) is 1.80. The summed E-state index contributed by atoms with van der Waals surface area (Å²) in [6, 6.07) is 94.3. The van der Waals surface area contributed by atoms with Gasteiger partial charge < -0.3 is 4.90 Å². The topological polar surface area (TPSA) is 46.8 Å². The van der Waals surface area contributed by atoms with Gasteiger partial charge in [0.2, 0.25) is 5.95 Å². The Labute approximate surface area is 422 Å². The maximum atomic E-state index is 5.28. The average molecular weight is 930 g/mol. The van der Waals surface area contributed by atoms with Crippen molar-refractivity contribution in [1.29, 1.82) is 0 Å². The van der Waals surface area contributed by atoms with Gasteiger partial charge in [0.05, 0.1) is 27.8 Å². The third-order valence-electron chi connectivity index (χ3n) is 15.2. The molecule has 0 fully saturated rings. The molecule has 0 amide bonds. The summed E-state index contributed by atoms with van der Waals surface area (Å²) in [5.41, 5.74) is 19.1. The largest absolute Gasteiger partial charge is 0.310 e. The lowest BCUT2D eigenvalue weighted by Crippen LogP contribution is -2.36. The van der Waals surface area contributed by atoms with Gasteiger partial charge in [-0.25, -0.2) is 4.98 Å². The lowest BCUT2D eigenvalue weighted by atomic mass is 9.64. The van der Waals surface area contributed by atoms with Crippen LogP contribution in [0.15, 0.2) is 261 Å². The molecule has 0 saturated carbocycles. The molecule has 11 aromatic carbocycles. The molecule has 0 unspecified atom stereocenters. The lowest BCUT2D eigenvalue weighted by molar-refractivity contribution is 0.753. The number of nitrogens with zero attached hydrogens (tertiary/aromatic N) is 5. The predicted octanol–water partition coefficient (Wildman–Crippen LogP) is 16.9. The summed E-state index contributed by atoms with van der Waals surface area (Å²) in [4.78, 5) is 18.1. The van der Waals surface area contributed by atoms with E-state index in [4.69, 9.17) is 15.0 Å². The van der Waals surface area contributed by atoms with E-state index in [-0.39, 0.29) is 0 Å². The second kappa shape index (κ2) is 16.2. The van der Waals surface area contributed by atoms with Gasteiger partial charge in [0.15, 0.2) is 11.6 Å². The standard InChI is InChI=1S/C68H43N5/c1-4-18-44(19-5-1)45-32-34-48(35-33-45)66-69-65(47-21-6-2-7-22-47)70-67(71-66)73-60-29-15-12-26-53(60)55-42-49(38-41-61(55)73)50-36-39-54-59(43-50)68(58-40-37-46-20-10-11-25-52(46)64(54)58)56-27-13-16-30-62(56)72(51-23-8-3-9-24-51)63-31-17-14-28-57(63)68/h1-43H. The Morgan fingerprint density at radius 2 is 0.836 bits per heavy atom. The summed E-state index contributed by atoms with van der Waals surface area (Å²) < 4.78 is 2.21. The van der Waals surface area contributed by atoms with E-state index in [2.05, 4.69) is 246 Å². The van der Waals surface area contributed by atoms with Gasteiger partial charge in [0.1, 0.15) is 0 Å². The quantitative estimate of drug-likeness (QED) is 0.167. The normalized spacial score (nSPS) is 13.0. The number of rotatable bonds is 6. The molecule has 340 valence electrons.